The van der Waals surface area contributed by atoms with Crippen LogP contribution in [0.4, 0.5) is 11.4 Å². The van der Waals surface area contributed by atoms with E-state index in [9.17, 15) is 0 Å². The van der Waals surface area contributed by atoms with Gasteiger partial charge in [-0.25, -0.2) is 0 Å². The predicted octanol–water partition coefficient (Wildman–Crippen LogP) is 4.09. The van der Waals surface area contributed by atoms with Gasteiger partial charge in [0.05, 0.1) is 0 Å². The van der Waals surface area contributed by atoms with E-state index < -0.39 is 0 Å². The van der Waals surface area contributed by atoms with E-state index in [-0.39, 0.29) is 11.0 Å². The molecule has 0 saturated heterocycles. The molecule has 1 aromatic carbocycles. The molecule has 0 radical (unpaired) electrons. The zero-order chi connectivity index (χ0) is 13.4. The van der Waals surface area contributed by atoms with E-state index in [0.717, 1.165) is 11.3 Å². The highest BCUT2D eigenvalue weighted by Crippen LogP contribution is 2.35. The first-order valence-electron chi connectivity index (χ1n) is 6.20. The predicted molar refractivity (Wildman–Crippen MR) is 77.7 cm³/mol. The van der Waals surface area contributed by atoms with E-state index in [1.54, 1.807) is 0 Å². The number of anilines is 2. The fourth-order valence-corrected chi connectivity index (χ4v) is 1.89. The molecular formula is C15H26N2. The van der Waals surface area contributed by atoms with Crippen LogP contribution in [-0.4, -0.2) is 5.54 Å². The fraction of sp³-hybridized carbons (Fsp3) is 0.600. The summed E-state index contributed by atoms with van der Waals surface area (Å²) in [4.78, 5) is 0. The van der Waals surface area contributed by atoms with Gasteiger partial charge in [0.15, 0.2) is 0 Å². The summed E-state index contributed by atoms with van der Waals surface area (Å²) in [5, 5.41) is 3.59. The van der Waals surface area contributed by atoms with Gasteiger partial charge in [0.25, 0.3) is 0 Å². The molecule has 0 spiro atoms. The third kappa shape index (κ3) is 3.39. The van der Waals surface area contributed by atoms with Crippen molar-refractivity contribution >= 4 is 11.4 Å². The van der Waals surface area contributed by atoms with Gasteiger partial charge in [0.1, 0.15) is 0 Å². The molecule has 0 aliphatic heterocycles. The van der Waals surface area contributed by atoms with Gasteiger partial charge in [-0.3, -0.25) is 0 Å². The second-order valence-electron chi connectivity index (χ2n) is 6.83. The van der Waals surface area contributed by atoms with Crippen LogP contribution in [0.3, 0.4) is 0 Å². The number of hydrogen-bond donors (Lipinski definition) is 2. The molecule has 0 aliphatic rings. The second kappa shape index (κ2) is 4.25. The lowest BCUT2D eigenvalue weighted by Gasteiger charge is -2.31. The minimum absolute atomic E-state index is 0.0402. The summed E-state index contributed by atoms with van der Waals surface area (Å²) in [6, 6.07) is 4.14. The van der Waals surface area contributed by atoms with Gasteiger partial charge in [-0.2, -0.15) is 0 Å². The molecule has 0 atom stereocenters. The maximum Gasteiger partial charge on any atom is 0.0432 e. The van der Waals surface area contributed by atoms with Gasteiger partial charge in [-0.1, -0.05) is 26.8 Å². The lowest BCUT2D eigenvalue weighted by atomic mass is 9.83. The average Bonchev–Trinajstić information content (AvgIpc) is 2.08. The molecule has 2 heteroatoms. The van der Waals surface area contributed by atoms with Gasteiger partial charge in [0, 0.05) is 16.9 Å². The molecule has 0 unspecified atom stereocenters. The highest BCUT2D eigenvalue weighted by Gasteiger charge is 2.22. The van der Waals surface area contributed by atoms with E-state index >= 15 is 0 Å². The normalized spacial score (nSPS) is 12.6. The molecular weight excluding hydrogens is 208 g/mol. The quantitative estimate of drug-likeness (QED) is 0.718. The summed E-state index contributed by atoms with van der Waals surface area (Å²) in [5.41, 5.74) is 10.7. The standard InChI is InChI=1S/C15H26N2/c1-10-12(16)9-8-11(14(2,3)4)13(10)17-15(5,6)7/h8-9,17H,16H2,1-7H3. The molecule has 96 valence electrons. The SMILES string of the molecule is Cc1c(N)ccc(C(C)(C)C)c1NC(C)(C)C. The molecule has 0 aromatic heterocycles. The number of hydrogen-bond acceptors (Lipinski definition) is 2. The third-order valence-corrected chi connectivity index (χ3v) is 2.81. The van der Waals surface area contributed by atoms with Crippen LogP contribution in [0, 0.1) is 6.92 Å². The highest BCUT2D eigenvalue weighted by atomic mass is 15.0. The number of benzene rings is 1. The Morgan fingerprint density at radius 2 is 1.53 bits per heavy atom. The van der Waals surface area contributed by atoms with Crippen molar-refractivity contribution in [1.29, 1.82) is 0 Å². The summed E-state index contributed by atoms with van der Waals surface area (Å²) in [6.07, 6.45) is 0. The summed E-state index contributed by atoms with van der Waals surface area (Å²) < 4.78 is 0. The highest BCUT2D eigenvalue weighted by molar-refractivity contribution is 5.69. The fourth-order valence-electron chi connectivity index (χ4n) is 1.89. The molecule has 0 heterocycles. The maximum atomic E-state index is 6.01. The number of nitrogens with two attached hydrogens (primary N) is 1. The van der Waals surface area contributed by atoms with Crippen molar-refractivity contribution in [1.82, 2.24) is 0 Å². The van der Waals surface area contributed by atoms with Gasteiger partial charge < -0.3 is 11.1 Å². The minimum Gasteiger partial charge on any atom is -0.398 e. The number of nitrogens with one attached hydrogen (secondary N) is 1. The van der Waals surface area contributed by atoms with E-state index in [4.69, 9.17) is 5.73 Å². The van der Waals surface area contributed by atoms with Crippen LogP contribution < -0.4 is 11.1 Å². The second-order valence-corrected chi connectivity index (χ2v) is 6.83. The molecule has 1 rings (SSSR count). The molecule has 2 nitrogen and oxygen atoms in total. The van der Waals surface area contributed by atoms with Crippen LogP contribution in [0.1, 0.15) is 52.7 Å². The van der Waals surface area contributed by atoms with Crippen molar-refractivity contribution in [3.8, 4) is 0 Å². The van der Waals surface area contributed by atoms with Gasteiger partial charge in [-0.15, -0.1) is 0 Å². The van der Waals surface area contributed by atoms with E-state index in [2.05, 4.69) is 59.8 Å². The zero-order valence-corrected chi connectivity index (χ0v) is 12.2. The summed E-state index contributed by atoms with van der Waals surface area (Å²) in [5.74, 6) is 0. The first kappa shape index (κ1) is 13.9. The molecule has 0 aliphatic carbocycles. The molecule has 17 heavy (non-hydrogen) atoms. The first-order chi connectivity index (χ1) is 7.52. The summed E-state index contributed by atoms with van der Waals surface area (Å²) >= 11 is 0. The van der Waals surface area contributed by atoms with Crippen LogP contribution in [0.2, 0.25) is 0 Å². The van der Waals surface area contributed by atoms with E-state index in [1.165, 1.54) is 11.3 Å². The van der Waals surface area contributed by atoms with Crippen LogP contribution in [0.25, 0.3) is 0 Å². The Balaban J connectivity index is 3.37. The molecule has 0 fully saturated rings. The average molecular weight is 234 g/mol. The smallest absolute Gasteiger partial charge is 0.0432 e. The molecule has 3 N–H and O–H groups in total. The van der Waals surface area contributed by atoms with Gasteiger partial charge in [0.2, 0.25) is 0 Å². The molecule has 1 aromatic rings. The van der Waals surface area contributed by atoms with Crippen LogP contribution >= 0.6 is 0 Å². The van der Waals surface area contributed by atoms with Crippen molar-refractivity contribution in [3.63, 3.8) is 0 Å². The van der Waals surface area contributed by atoms with Crippen molar-refractivity contribution in [2.45, 2.75) is 59.4 Å². The monoisotopic (exact) mass is 234 g/mol. The molecule has 0 saturated carbocycles. The third-order valence-electron chi connectivity index (χ3n) is 2.81. The zero-order valence-electron chi connectivity index (χ0n) is 12.2. The number of rotatable bonds is 1. The largest absolute Gasteiger partial charge is 0.398 e. The lowest BCUT2D eigenvalue weighted by Crippen LogP contribution is -2.29. The van der Waals surface area contributed by atoms with Crippen molar-refractivity contribution < 1.29 is 0 Å². The van der Waals surface area contributed by atoms with Crippen LogP contribution in [-0.2, 0) is 5.41 Å². The molecule has 0 bridgehead atoms. The van der Waals surface area contributed by atoms with Crippen LogP contribution in [0.5, 0.6) is 0 Å². The topological polar surface area (TPSA) is 38.0 Å². The first-order valence-corrected chi connectivity index (χ1v) is 6.20. The van der Waals surface area contributed by atoms with Crippen molar-refractivity contribution in [3.05, 3.63) is 23.3 Å². The molecule has 0 amide bonds. The lowest BCUT2D eigenvalue weighted by molar-refractivity contribution is 0.581. The number of nitrogen functional groups attached to an aromatic ring is 1. The Morgan fingerprint density at radius 1 is 1.00 bits per heavy atom. The van der Waals surface area contributed by atoms with E-state index in [1.807, 2.05) is 6.07 Å². The van der Waals surface area contributed by atoms with Crippen molar-refractivity contribution in [2.75, 3.05) is 11.1 Å². The Hall–Kier alpha value is -1.18. The summed E-state index contributed by atoms with van der Waals surface area (Å²) in [6.45, 7) is 15.3. The van der Waals surface area contributed by atoms with Gasteiger partial charge in [-0.05, 0) is 50.3 Å². The Kier molecular flexibility index (Phi) is 3.47. The minimum atomic E-state index is 0.0402. The maximum absolute atomic E-state index is 6.01. The summed E-state index contributed by atoms with van der Waals surface area (Å²) in [7, 11) is 0. The Morgan fingerprint density at radius 3 is 1.94 bits per heavy atom. The van der Waals surface area contributed by atoms with E-state index in [0.29, 0.717) is 0 Å². The Bertz CT molecular complexity index is 406. The van der Waals surface area contributed by atoms with Crippen molar-refractivity contribution in [2.24, 2.45) is 0 Å². The van der Waals surface area contributed by atoms with Crippen LogP contribution in [0.15, 0.2) is 12.1 Å². The van der Waals surface area contributed by atoms with Gasteiger partial charge >= 0.3 is 0 Å². The Labute approximate surface area is 106 Å².